The number of ether oxygens (including phenoxy) is 3. The van der Waals surface area contributed by atoms with Crippen LogP contribution < -0.4 is 14.8 Å². The zero-order valence-electron chi connectivity index (χ0n) is 13.0. The van der Waals surface area contributed by atoms with Crippen molar-refractivity contribution >= 4 is 17.7 Å². The summed E-state index contributed by atoms with van der Waals surface area (Å²) in [6.45, 7) is 0.148. The topological polar surface area (TPSA) is 90.9 Å². The summed E-state index contributed by atoms with van der Waals surface area (Å²) in [5.74, 6) is -0.0916. The highest BCUT2D eigenvalue weighted by molar-refractivity contribution is 6.07. The molecule has 1 saturated heterocycles. The summed E-state index contributed by atoms with van der Waals surface area (Å²) in [6, 6.07) is 5.21. The summed E-state index contributed by atoms with van der Waals surface area (Å²) in [5, 5.41) is 2.90. The SMILES string of the molecule is COC(=O)[C@@H]1[C@@]23CC(=O)C[C@]1(c1ccc4c(c1)OCO4)[C@H]2NC3=O. The summed E-state index contributed by atoms with van der Waals surface area (Å²) in [7, 11) is 1.31. The van der Waals surface area contributed by atoms with Gasteiger partial charge in [0.1, 0.15) is 5.78 Å². The third-order valence-electron chi connectivity index (χ3n) is 6.08. The third kappa shape index (κ3) is 1.26. The maximum absolute atomic E-state index is 12.5. The van der Waals surface area contributed by atoms with E-state index in [0.717, 1.165) is 5.56 Å². The molecule has 1 aromatic carbocycles. The number of Topliss-reactive ketones (excluding diaryl/α,β-unsaturated/α-hetero) is 1. The van der Waals surface area contributed by atoms with Crippen molar-refractivity contribution in [2.45, 2.75) is 24.3 Å². The average Bonchev–Trinajstić information content (AvgIpc) is 3.05. The standard InChI is InChI=1S/C17H15NO6/c1-22-13(20)12-16(8-2-3-10-11(4-8)24-7-23-10)5-9(19)6-17(12)14(16)18-15(17)21/h2-4,12,14H,5-7H2,1H3,(H,18,21)/t12-,14+,16+,17-/m0/s1. The quantitative estimate of drug-likeness (QED) is 0.620. The van der Waals surface area contributed by atoms with E-state index in [0.29, 0.717) is 11.5 Å². The van der Waals surface area contributed by atoms with Crippen molar-refractivity contribution in [1.29, 1.82) is 0 Å². The maximum atomic E-state index is 12.5. The van der Waals surface area contributed by atoms with Crippen LogP contribution in [0.3, 0.4) is 0 Å². The predicted molar refractivity (Wildman–Crippen MR) is 78.4 cm³/mol. The first-order valence-electron chi connectivity index (χ1n) is 7.84. The van der Waals surface area contributed by atoms with E-state index >= 15 is 0 Å². The third-order valence-corrected chi connectivity index (χ3v) is 6.08. The number of esters is 1. The molecule has 1 aromatic rings. The second-order valence-corrected chi connectivity index (χ2v) is 6.90. The molecule has 2 aliphatic carbocycles. The van der Waals surface area contributed by atoms with Gasteiger partial charge in [-0.25, -0.2) is 0 Å². The van der Waals surface area contributed by atoms with Gasteiger partial charge in [0.15, 0.2) is 11.5 Å². The number of nitrogens with one attached hydrogen (secondary N) is 1. The van der Waals surface area contributed by atoms with Crippen LogP contribution in [0.1, 0.15) is 18.4 Å². The minimum absolute atomic E-state index is 0.00100. The molecule has 2 heterocycles. The molecule has 0 radical (unpaired) electrons. The Labute approximate surface area is 137 Å². The smallest absolute Gasteiger partial charge is 0.310 e. The molecule has 0 aromatic heterocycles. The lowest BCUT2D eigenvalue weighted by Crippen LogP contribution is -2.91. The second kappa shape index (κ2) is 4.09. The number of hydrogen-bond donors (Lipinski definition) is 1. The Hall–Kier alpha value is -2.57. The Morgan fingerprint density at radius 1 is 1.21 bits per heavy atom. The molecule has 124 valence electrons. The van der Waals surface area contributed by atoms with Crippen LogP contribution in [0.5, 0.6) is 11.5 Å². The van der Waals surface area contributed by atoms with Crippen molar-refractivity contribution in [2.24, 2.45) is 11.3 Å². The lowest BCUT2D eigenvalue weighted by molar-refractivity contribution is -0.222. The van der Waals surface area contributed by atoms with Crippen LogP contribution in [0.2, 0.25) is 0 Å². The van der Waals surface area contributed by atoms with Gasteiger partial charge >= 0.3 is 5.97 Å². The summed E-state index contributed by atoms with van der Waals surface area (Å²) >= 11 is 0. The van der Waals surface area contributed by atoms with E-state index in [4.69, 9.17) is 14.2 Å². The number of carbonyl (C=O) groups is 3. The van der Waals surface area contributed by atoms with Crippen molar-refractivity contribution in [2.75, 3.05) is 13.9 Å². The lowest BCUT2D eigenvalue weighted by Gasteiger charge is -2.74. The van der Waals surface area contributed by atoms with Gasteiger partial charge in [0.2, 0.25) is 12.7 Å². The van der Waals surface area contributed by atoms with Crippen LogP contribution in [0, 0.1) is 11.3 Å². The van der Waals surface area contributed by atoms with E-state index in [1.807, 2.05) is 12.1 Å². The Balaban J connectivity index is 1.68. The number of rotatable bonds is 2. The van der Waals surface area contributed by atoms with E-state index in [9.17, 15) is 14.4 Å². The van der Waals surface area contributed by atoms with E-state index in [1.54, 1.807) is 6.07 Å². The molecule has 1 amide bonds. The lowest BCUT2D eigenvalue weighted by atomic mass is 9.31. The number of benzene rings is 1. The monoisotopic (exact) mass is 329 g/mol. The van der Waals surface area contributed by atoms with Crippen LogP contribution in [-0.4, -0.2) is 37.6 Å². The van der Waals surface area contributed by atoms with Gasteiger partial charge in [-0.3, -0.25) is 14.4 Å². The Morgan fingerprint density at radius 3 is 2.71 bits per heavy atom. The first-order valence-corrected chi connectivity index (χ1v) is 7.84. The fraction of sp³-hybridized carbons (Fsp3) is 0.471. The summed E-state index contributed by atoms with van der Waals surface area (Å²) in [6.07, 6.45) is 0.314. The molecule has 1 spiro atoms. The number of methoxy groups -OCH3 is 1. The van der Waals surface area contributed by atoms with Crippen LogP contribution in [0.15, 0.2) is 18.2 Å². The zero-order valence-corrected chi connectivity index (χ0v) is 13.0. The first-order chi connectivity index (χ1) is 11.5. The van der Waals surface area contributed by atoms with Gasteiger partial charge in [-0.05, 0) is 17.7 Å². The molecule has 5 rings (SSSR count). The number of amides is 1. The zero-order chi connectivity index (χ0) is 16.7. The number of carbonyl (C=O) groups excluding carboxylic acids is 3. The van der Waals surface area contributed by atoms with Gasteiger partial charge in [-0.1, -0.05) is 6.07 Å². The highest BCUT2D eigenvalue weighted by Crippen LogP contribution is 2.71. The molecule has 4 atom stereocenters. The molecule has 24 heavy (non-hydrogen) atoms. The highest BCUT2D eigenvalue weighted by atomic mass is 16.7. The molecule has 4 aliphatic rings. The number of hydrogen-bond acceptors (Lipinski definition) is 6. The average molecular weight is 329 g/mol. The fourth-order valence-electron chi connectivity index (χ4n) is 5.23. The second-order valence-electron chi connectivity index (χ2n) is 6.90. The molecule has 0 unspecified atom stereocenters. The Bertz CT molecular complexity index is 819. The fourth-order valence-corrected chi connectivity index (χ4v) is 5.23. The first kappa shape index (κ1) is 13.8. The molecule has 2 aliphatic heterocycles. The van der Waals surface area contributed by atoms with Gasteiger partial charge in [0.25, 0.3) is 0 Å². The number of piperidine rings is 1. The minimum Gasteiger partial charge on any atom is -0.469 e. The number of β-lactam (4-membered cyclic amide) rings is 1. The predicted octanol–water partition coefficient (Wildman–Crippen LogP) is 0.304. The van der Waals surface area contributed by atoms with Gasteiger partial charge in [-0.15, -0.1) is 0 Å². The number of ketones is 1. The van der Waals surface area contributed by atoms with Crippen molar-refractivity contribution in [3.63, 3.8) is 0 Å². The normalized spacial score (nSPS) is 37.7. The molecular weight excluding hydrogens is 314 g/mol. The molecular formula is C17H15NO6. The van der Waals surface area contributed by atoms with E-state index < -0.39 is 22.7 Å². The van der Waals surface area contributed by atoms with Crippen LogP contribution in [-0.2, 0) is 24.5 Å². The minimum atomic E-state index is -0.946. The van der Waals surface area contributed by atoms with Gasteiger partial charge in [-0.2, -0.15) is 0 Å². The van der Waals surface area contributed by atoms with Crippen molar-refractivity contribution in [3.05, 3.63) is 23.8 Å². The molecule has 3 fully saturated rings. The molecule has 2 saturated carbocycles. The van der Waals surface area contributed by atoms with Crippen LogP contribution in [0.4, 0.5) is 0 Å². The van der Waals surface area contributed by atoms with Crippen molar-refractivity contribution < 1.29 is 28.6 Å². The molecule has 7 heteroatoms. The molecule has 2 bridgehead atoms. The van der Waals surface area contributed by atoms with Crippen molar-refractivity contribution in [1.82, 2.24) is 5.32 Å². The Kier molecular flexibility index (Phi) is 2.36. The molecule has 1 N–H and O–H groups in total. The van der Waals surface area contributed by atoms with Crippen LogP contribution in [0.25, 0.3) is 0 Å². The Morgan fingerprint density at radius 2 is 1.96 bits per heavy atom. The molecule has 7 nitrogen and oxygen atoms in total. The van der Waals surface area contributed by atoms with Gasteiger partial charge in [0, 0.05) is 18.3 Å². The van der Waals surface area contributed by atoms with E-state index in [-0.39, 0.29) is 37.4 Å². The number of fused-ring (bicyclic) bond motifs is 3. The summed E-state index contributed by atoms with van der Waals surface area (Å²) in [4.78, 5) is 37.0. The summed E-state index contributed by atoms with van der Waals surface area (Å²) < 4.78 is 15.7. The maximum Gasteiger partial charge on any atom is 0.310 e. The van der Waals surface area contributed by atoms with Gasteiger partial charge in [0.05, 0.1) is 24.5 Å². The van der Waals surface area contributed by atoms with E-state index in [2.05, 4.69) is 5.32 Å². The van der Waals surface area contributed by atoms with Gasteiger partial charge < -0.3 is 19.5 Å². The summed E-state index contributed by atoms with van der Waals surface area (Å²) in [5.41, 5.74) is -0.910. The highest BCUT2D eigenvalue weighted by Gasteiger charge is 2.85. The van der Waals surface area contributed by atoms with E-state index in [1.165, 1.54) is 7.11 Å². The largest absolute Gasteiger partial charge is 0.469 e. The van der Waals surface area contributed by atoms with Crippen LogP contribution >= 0.6 is 0 Å². The van der Waals surface area contributed by atoms with Crippen molar-refractivity contribution in [3.8, 4) is 11.5 Å².